The molecule has 0 radical (unpaired) electrons. The van der Waals surface area contributed by atoms with E-state index < -0.39 is 16.2 Å². The van der Waals surface area contributed by atoms with Crippen LogP contribution < -0.4 is 9.46 Å². The van der Waals surface area contributed by atoms with E-state index in [1.165, 1.54) is 11.6 Å². The maximum absolute atomic E-state index is 12.9. The predicted molar refractivity (Wildman–Crippen MR) is 127 cm³/mol. The Labute approximate surface area is 194 Å². The molecule has 0 spiro atoms. The van der Waals surface area contributed by atoms with E-state index >= 15 is 0 Å². The lowest BCUT2D eigenvalue weighted by molar-refractivity contribution is 0.146. The minimum Gasteiger partial charge on any atom is -0.449 e. The van der Waals surface area contributed by atoms with Crippen LogP contribution in [0, 0.1) is 12.8 Å². The van der Waals surface area contributed by atoms with Crippen molar-refractivity contribution in [2.45, 2.75) is 32.1 Å². The minimum atomic E-state index is -3.95. The summed E-state index contributed by atoms with van der Waals surface area (Å²) in [6, 6.07) is 14.3. The Morgan fingerprint density at radius 3 is 2.42 bits per heavy atom. The van der Waals surface area contributed by atoms with Gasteiger partial charge in [-0.3, -0.25) is 4.72 Å². The van der Waals surface area contributed by atoms with E-state index in [4.69, 9.17) is 9.84 Å². The van der Waals surface area contributed by atoms with E-state index in [-0.39, 0.29) is 15.6 Å². The second-order valence-electron chi connectivity index (χ2n) is 7.49. The number of rotatable bonds is 7. The van der Waals surface area contributed by atoms with Crippen LogP contribution >= 0.6 is 27.3 Å². The molecular formula is C22H22BrNO5S2. The Morgan fingerprint density at radius 2 is 1.84 bits per heavy atom. The van der Waals surface area contributed by atoms with Gasteiger partial charge in [0.2, 0.25) is 5.06 Å². The topological polar surface area (TPSA) is 92.7 Å². The molecule has 0 unspecified atom stereocenters. The zero-order valence-corrected chi connectivity index (χ0v) is 20.4. The van der Waals surface area contributed by atoms with Crippen molar-refractivity contribution in [3.05, 3.63) is 64.1 Å². The SMILES string of the molecule is Cc1cc(Br)ccc1S(=O)(=O)Nc1cc(-c2ccc(CC(C)C)cc2)sc1OC(=O)O. The molecular weight excluding hydrogens is 502 g/mol. The number of carbonyl (C=O) groups is 1. The quantitative estimate of drug-likeness (QED) is 0.343. The summed E-state index contributed by atoms with van der Waals surface area (Å²) in [5.41, 5.74) is 2.68. The minimum absolute atomic E-state index is 0.0351. The Kier molecular flexibility index (Phi) is 7.08. The van der Waals surface area contributed by atoms with Crippen LogP contribution in [0.1, 0.15) is 25.0 Å². The fourth-order valence-electron chi connectivity index (χ4n) is 3.13. The number of hydrogen-bond acceptors (Lipinski definition) is 5. The Bertz CT molecular complexity index is 1200. The lowest BCUT2D eigenvalue weighted by Gasteiger charge is -2.10. The van der Waals surface area contributed by atoms with Crippen molar-refractivity contribution in [3.63, 3.8) is 0 Å². The van der Waals surface area contributed by atoms with Gasteiger partial charge in [0.25, 0.3) is 10.0 Å². The van der Waals surface area contributed by atoms with E-state index in [9.17, 15) is 13.2 Å². The van der Waals surface area contributed by atoms with Gasteiger partial charge in [0.1, 0.15) is 5.69 Å². The number of hydrogen-bond donors (Lipinski definition) is 2. The monoisotopic (exact) mass is 523 g/mol. The second-order valence-corrected chi connectivity index (χ2v) is 11.1. The van der Waals surface area contributed by atoms with E-state index in [1.807, 2.05) is 24.3 Å². The molecule has 6 nitrogen and oxygen atoms in total. The van der Waals surface area contributed by atoms with Crippen LogP contribution in [-0.2, 0) is 16.4 Å². The largest absolute Gasteiger partial charge is 0.512 e. The van der Waals surface area contributed by atoms with E-state index in [0.29, 0.717) is 16.4 Å². The van der Waals surface area contributed by atoms with Crippen LogP contribution in [0.5, 0.6) is 5.06 Å². The number of aryl methyl sites for hydroxylation is 1. The first kappa shape index (κ1) is 23.3. The molecule has 2 aromatic carbocycles. The van der Waals surface area contributed by atoms with Crippen molar-refractivity contribution >= 4 is 49.1 Å². The molecule has 0 saturated heterocycles. The van der Waals surface area contributed by atoms with Crippen molar-refractivity contribution < 1.29 is 23.1 Å². The fraction of sp³-hybridized carbons (Fsp3) is 0.227. The van der Waals surface area contributed by atoms with Gasteiger partial charge in [-0.1, -0.05) is 65.4 Å². The molecule has 2 N–H and O–H groups in total. The third kappa shape index (κ3) is 5.87. The van der Waals surface area contributed by atoms with Gasteiger partial charge < -0.3 is 9.84 Å². The first-order valence-electron chi connectivity index (χ1n) is 9.48. The summed E-state index contributed by atoms with van der Waals surface area (Å²) in [6.45, 7) is 5.98. The Morgan fingerprint density at radius 1 is 1.16 bits per heavy atom. The predicted octanol–water partition coefficient (Wildman–Crippen LogP) is 6.54. The lowest BCUT2D eigenvalue weighted by Crippen LogP contribution is -2.15. The van der Waals surface area contributed by atoms with E-state index in [0.717, 1.165) is 27.8 Å². The van der Waals surface area contributed by atoms with Gasteiger partial charge in [-0.05, 0) is 60.2 Å². The molecule has 0 aliphatic heterocycles. The highest BCUT2D eigenvalue weighted by atomic mass is 79.9. The molecule has 3 rings (SSSR count). The third-order valence-electron chi connectivity index (χ3n) is 4.43. The molecule has 0 aliphatic rings. The second kappa shape index (κ2) is 9.42. The van der Waals surface area contributed by atoms with Gasteiger partial charge in [0, 0.05) is 9.35 Å². The Balaban J connectivity index is 1.96. The molecule has 0 atom stereocenters. The van der Waals surface area contributed by atoms with Gasteiger partial charge in [0.15, 0.2) is 0 Å². The van der Waals surface area contributed by atoms with Gasteiger partial charge >= 0.3 is 6.16 Å². The summed E-state index contributed by atoms with van der Waals surface area (Å²) in [6.07, 6.45) is -0.559. The highest BCUT2D eigenvalue weighted by molar-refractivity contribution is 9.10. The maximum Gasteiger partial charge on any atom is 0.512 e. The van der Waals surface area contributed by atoms with Crippen LogP contribution in [0.25, 0.3) is 10.4 Å². The average molecular weight is 524 g/mol. The van der Waals surface area contributed by atoms with Crippen LogP contribution in [0.15, 0.2) is 57.9 Å². The van der Waals surface area contributed by atoms with Gasteiger partial charge in [-0.15, -0.1) is 0 Å². The average Bonchev–Trinajstić information content (AvgIpc) is 3.02. The molecule has 0 aliphatic carbocycles. The maximum atomic E-state index is 12.9. The van der Waals surface area contributed by atoms with Crippen molar-refractivity contribution in [1.82, 2.24) is 0 Å². The zero-order chi connectivity index (χ0) is 22.8. The highest BCUT2D eigenvalue weighted by Gasteiger charge is 2.22. The summed E-state index contributed by atoms with van der Waals surface area (Å²) in [4.78, 5) is 11.9. The number of benzene rings is 2. The van der Waals surface area contributed by atoms with Crippen molar-refractivity contribution in [2.24, 2.45) is 5.92 Å². The third-order valence-corrected chi connectivity index (χ3v) is 7.51. The first-order valence-corrected chi connectivity index (χ1v) is 12.6. The highest BCUT2D eigenvalue weighted by Crippen LogP contribution is 2.42. The molecule has 0 fully saturated rings. The molecule has 0 saturated carbocycles. The van der Waals surface area contributed by atoms with Gasteiger partial charge in [0.05, 0.1) is 4.90 Å². The number of sulfonamides is 1. The number of nitrogens with one attached hydrogen (secondary N) is 1. The van der Waals surface area contributed by atoms with Gasteiger partial charge in [-0.25, -0.2) is 13.2 Å². The van der Waals surface area contributed by atoms with E-state index in [1.54, 1.807) is 25.1 Å². The molecule has 0 amide bonds. The molecule has 3 aromatic rings. The first-order chi connectivity index (χ1) is 14.5. The fourth-order valence-corrected chi connectivity index (χ4v) is 5.92. The summed E-state index contributed by atoms with van der Waals surface area (Å²) in [5.74, 6) is 0.534. The molecule has 0 bridgehead atoms. The number of ether oxygens (including phenoxy) is 1. The summed E-state index contributed by atoms with van der Waals surface area (Å²) < 4.78 is 34.0. The van der Waals surface area contributed by atoms with E-state index in [2.05, 4.69) is 34.5 Å². The molecule has 9 heteroatoms. The molecule has 1 heterocycles. The smallest absolute Gasteiger partial charge is 0.449 e. The lowest BCUT2D eigenvalue weighted by atomic mass is 10.0. The zero-order valence-electron chi connectivity index (χ0n) is 17.2. The van der Waals surface area contributed by atoms with Crippen LogP contribution in [0.2, 0.25) is 0 Å². The summed E-state index contributed by atoms with van der Waals surface area (Å²) in [5, 5.41) is 9.05. The number of halogens is 1. The Hall–Kier alpha value is -2.36. The normalized spacial score (nSPS) is 11.5. The van der Waals surface area contributed by atoms with Gasteiger partial charge in [-0.2, -0.15) is 0 Å². The van der Waals surface area contributed by atoms with Crippen LogP contribution in [0.3, 0.4) is 0 Å². The number of carboxylic acid groups (broad SMARTS) is 1. The van der Waals surface area contributed by atoms with Crippen LogP contribution in [-0.4, -0.2) is 19.7 Å². The standard InChI is InChI=1S/C22H22BrNO5S2/c1-13(2)10-15-4-6-16(7-5-15)19-12-18(21(30-19)29-22(25)26)24-31(27,28)20-9-8-17(23)11-14(20)3/h4-9,11-13,24H,10H2,1-3H3,(H,25,26). The van der Waals surface area contributed by atoms with Crippen molar-refractivity contribution in [2.75, 3.05) is 4.72 Å². The summed E-state index contributed by atoms with van der Waals surface area (Å²) in [7, 11) is -3.95. The molecule has 31 heavy (non-hydrogen) atoms. The molecule has 1 aromatic heterocycles. The summed E-state index contributed by atoms with van der Waals surface area (Å²) >= 11 is 4.38. The molecule has 164 valence electrons. The number of anilines is 1. The number of thiophene rings is 1. The van der Waals surface area contributed by atoms with Crippen molar-refractivity contribution in [3.8, 4) is 15.5 Å². The van der Waals surface area contributed by atoms with Crippen molar-refractivity contribution in [1.29, 1.82) is 0 Å². The van der Waals surface area contributed by atoms with Crippen LogP contribution in [0.4, 0.5) is 10.5 Å².